The Morgan fingerprint density at radius 1 is 1.29 bits per heavy atom. The van der Waals surface area contributed by atoms with Gasteiger partial charge in [0.25, 0.3) is 0 Å². The Balaban J connectivity index is 1.61. The molecule has 6 nitrogen and oxygen atoms in total. The number of carbonyl (C=O) groups is 1. The zero-order valence-electron chi connectivity index (χ0n) is 18.0. The maximum absolute atomic E-state index is 14.6. The van der Waals surface area contributed by atoms with E-state index in [0.29, 0.717) is 30.2 Å². The molecule has 0 bridgehead atoms. The van der Waals surface area contributed by atoms with Crippen LogP contribution in [0.25, 0.3) is 0 Å². The Kier molecular flexibility index (Phi) is 5.55. The number of nitriles is 1. The SMILES string of the molecule is Cc1ccc(F)c2c1CCCN2CC(=O)Nc1c(C#N)c(C)c(C)n1Cc1ccco1. The van der Waals surface area contributed by atoms with Crippen molar-refractivity contribution in [2.75, 3.05) is 23.3 Å². The van der Waals surface area contributed by atoms with Crippen LogP contribution in [0.4, 0.5) is 15.9 Å². The van der Waals surface area contributed by atoms with Crippen LogP contribution in [0.5, 0.6) is 0 Å². The molecule has 3 heterocycles. The Hall–Kier alpha value is -3.53. The first-order valence-electron chi connectivity index (χ1n) is 10.4. The fourth-order valence-electron chi connectivity index (χ4n) is 4.31. The molecule has 160 valence electrons. The van der Waals surface area contributed by atoms with Crippen LogP contribution in [0.2, 0.25) is 0 Å². The first-order chi connectivity index (χ1) is 14.9. The number of furan rings is 1. The number of anilines is 2. The molecule has 3 aromatic rings. The van der Waals surface area contributed by atoms with Gasteiger partial charge < -0.3 is 19.2 Å². The monoisotopic (exact) mass is 420 g/mol. The maximum atomic E-state index is 14.6. The van der Waals surface area contributed by atoms with E-state index in [1.54, 1.807) is 23.3 Å². The van der Waals surface area contributed by atoms with E-state index < -0.39 is 0 Å². The molecule has 0 unspecified atom stereocenters. The van der Waals surface area contributed by atoms with Crippen LogP contribution in [-0.4, -0.2) is 23.6 Å². The van der Waals surface area contributed by atoms with E-state index in [9.17, 15) is 14.4 Å². The molecule has 0 saturated heterocycles. The van der Waals surface area contributed by atoms with Gasteiger partial charge in [-0.1, -0.05) is 6.07 Å². The summed E-state index contributed by atoms with van der Waals surface area (Å²) in [5, 5.41) is 12.6. The quantitative estimate of drug-likeness (QED) is 0.662. The van der Waals surface area contributed by atoms with Crippen molar-refractivity contribution in [3.05, 3.63) is 70.1 Å². The summed E-state index contributed by atoms with van der Waals surface area (Å²) in [4.78, 5) is 14.8. The average Bonchev–Trinajstić information content (AvgIpc) is 3.34. The van der Waals surface area contributed by atoms with Crippen molar-refractivity contribution in [2.24, 2.45) is 0 Å². The number of nitrogens with zero attached hydrogens (tertiary/aromatic N) is 3. The number of fused-ring (bicyclic) bond motifs is 1. The van der Waals surface area contributed by atoms with Crippen molar-refractivity contribution in [3.8, 4) is 6.07 Å². The molecule has 1 aliphatic heterocycles. The van der Waals surface area contributed by atoms with Gasteiger partial charge in [-0.3, -0.25) is 4.79 Å². The number of hydrogen-bond donors (Lipinski definition) is 1. The third kappa shape index (κ3) is 3.81. The lowest BCUT2D eigenvalue weighted by molar-refractivity contribution is -0.115. The van der Waals surface area contributed by atoms with Crippen LogP contribution in [0.3, 0.4) is 0 Å². The van der Waals surface area contributed by atoms with Crippen LogP contribution in [0.15, 0.2) is 34.9 Å². The normalized spacial score (nSPS) is 13.1. The predicted octanol–water partition coefficient (Wildman–Crippen LogP) is 4.46. The number of aromatic nitrogens is 1. The highest BCUT2D eigenvalue weighted by atomic mass is 19.1. The number of halogens is 1. The highest BCUT2D eigenvalue weighted by Crippen LogP contribution is 2.33. The van der Waals surface area contributed by atoms with Crippen LogP contribution in [0, 0.1) is 37.9 Å². The minimum absolute atomic E-state index is 0.0161. The van der Waals surface area contributed by atoms with Crippen molar-refractivity contribution in [1.29, 1.82) is 5.26 Å². The second kappa shape index (κ2) is 8.31. The lowest BCUT2D eigenvalue weighted by atomic mass is 9.96. The number of rotatable bonds is 5. The first-order valence-corrected chi connectivity index (χ1v) is 10.4. The van der Waals surface area contributed by atoms with Gasteiger partial charge in [0.1, 0.15) is 23.5 Å². The molecule has 1 aromatic carbocycles. The van der Waals surface area contributed by atoms with Crippen LogP contribution >= 0.6 is 0 Å². The number of benzene rings is 1. The summed E-state index contributed by atoms with van der Waals surface area (Å²) in [5.74, 6) is 0.573. The van der Waals surface area contributed by atoms with Crippen LogP contribution in [0.1, 0.15) is 40.1 Å². The molecule has 2 aromatic heterocycles. The summed E-state index contributed by atoms with van der Waals surface area (Å²) in [6.07, 6.45) is 3.26. The van der Waals surface area contributed by atoms with Gasteiger partial charge >= 0.3 is 0 Å². The minimum atomic E-state index is -0.307. The van der Waals surface area contributed by atoms with Crippen molar-refractivity contribution < 1.29 is 13.6 Å². The van der Waals surface area contributed by atoms with Crippen molar-refractivity contribution >= 4 is 17.4 Å². The number of amides is 1. The van der Waals surface area contributed by atoms with E-state index >= 15 is 0 Å². The summed E-state index contributed by atoms with van der Waals surface area (Å²) in [7, 11) is 0. The lowest BCUT2D eigenvalue weighted by Crippen LogP contribution is -2.38. The molecule has 1 aliphatic rings. The molecule has 1 amide bonds. The van der Waals surface area contributed by atoms with Gasteiger partial charge in [0.05, 0.1) is 30.6 Å². The van der Waals surface area contributed by atoms with Crippen LogP contribution < -0.4 is 10.2 Å². The highest BCUT2D eigenvalue weighted by molar-refractivity contribution is 5.95. The molecule has 0 saturated carbocycles. The third-order valence-corrected chi connectivity index (χ3v) is 6.07. The largest absolute Gasteiger partial charge is 0.467 e. The van der Waals surface area contributed by atoms with Gasteiger partial charge in [0, 0.05) is 12.2 Å². The van der Waals surface area contributed by atoms with Gasteiger partial charge in [0.15, 0.2) is 0 Å². The number of hydrogen-bond acceptors (Lipinski definition) is 4. The lowest BCUT2D eigenvalue weighted by Gasteiger charge is -2.32. The molecule has 0 aliphatic carbocycles. The Morgan fingerprint density at radius 3 is 2.81 bits per heavy atom. The molecule has 0 radical (unpaired) electrons. The Morgan fingerprint density at radius 2 is 2.10 bits per heavy atom. The summed E-state index contributed by atoms with van der Waals surface area (Å²) in [6, 6.07) is 9.10. The van der Waals surface area contributed by atoms with E-state index in [4.69, 9.17) is 4.42 Å². The van der Waals surface area contributed by atoms with Crippen molar-refractivity contribution in [1.82, 2.24) is 4.57 Å². The van der Waals surface area contributed by atoms with Gasteiger partial charge in [-0.25, -0.2) is 4.39 Å². The van der Waals surface area contributed by atoms with Gasteiger partial charge in [-0.2, -0.15) is 5.26 Å². The summed E-state index contributed by atoms with van der Waals surface area (Å²) < 4.78 is 21.9. The first kappa shape index (κ1) is 20.7. The van der Waals surface area contributed by atoms with E-state index in [1.165, 1.54) is 6.07 Å². The molecular formula is C24H25FN4O2. The average molecular weight is 420 g/mol. The minimum Gasteiger partial charge on any atom is -0.467 e. The second-order valence-electron chi connectivity index (χ2n) is 7.98. The molecule has 0 spiro atoms. The smallest absolute Gasteiger partial charge is 0.245 e. The standard InChI is InChI=1S/C24H25FN4O2/c1-15-8-9-21(25)23-19(15)7-4-10-28(23)14-22(30)27-24-20(12-26)16(2)17(3)29(24)13-18-6-5-11-31-18/h5-6,8-9,11H,4,7,10,13-14H2,1-3H3,(H,27,30). The van der Waals surface area contributed by atoms with E-state index in [2.05, 4.69) is 11.4 Å². The zero-order valence-corrected chi connectivity index (χ0v) is 18.0. The van der Waals surface area contributed by atoms with Gasteiger partial charge in [0.2, 0.25) is 5.91 Å². The van der Waals surface area contributed by atoms with Crippen LogP contribution in [-0.2, 0) is 17.8 Å². The molecule has 1 N–H and O–H groups in total. The molecular weight excluding hydrogens is 395 g/mol. The fourth-order valence-corrected chi connectivity index (χ4v) is 4.31. The number of carbonyl (C=O) groups excluding carboxylic acids is 1. The number of aryl methyl sites for hydroxylation is 1. The Labute approximate surface area is 180 Å². The molecule has 4 rings (SSSR count). The van der Waals surface area contributed by atoms with E-state index in [1.807, 2.05) is 31.4 Å². The van der Waals surface area contributed by atoms with E-state index in [-0.39, 0.29) is 18.3 Å². The topological polar surface area (TPSA) is 74.2 Å². The molecule has 7 heteroatoms. The number of nitrogens with one attached hydrogen (secondary N) is 1. The summed E-state index contributed by atoms with van der Waals surface area (Å²) in [5.41, 5.74) is 4.64. The Bertz CT molecular complexity index is 1170. The fraction of sp³-hybridized carbons (Fsp3) is 0.333. The molecule has 31 heavy (non-hydrogen) atoms. The second-order valence-corrected chi connectivity index (χ2v) is 7.98. The highest BCUT2D eigenvalue weighted by Gasteiger charge is 2.26. The van der Waals surface area contributed by atoms with E-state index in [0.717, 1.165) is 41.0 Å². The molecule has 0 atom stereocenters. The van der Waals surface area contributed by atoms with Gasteiger partial charge in [-0.05, 0) is 68.5 Å². The molecule has 0 fully saturated rings. The third-order valence-electron chi connectivity index (χ3n) is 6.07. The summed E-state index contributed by atoms with van der Waals surface area (Å²) in [6.45, 7) is 6.76. The maximum Gasteiger partial charge on any atom is 0.245 e. The van der Waals surface area contributed by atoms with Crippen molar-refractivity contribution in [3.63, 3.8) is 0 Å². The van der Waals surface area contributed by atoms with Crippen molar-refractivity contribution in [2.45, 2.75) is 40.2 Å². The summed E-state index contributed by atoms with van der Waals surface area (Å²) >= 11 is 0. The van der Waals surface area contributed by atoms with Gasteiger partial charge in [-0.15, -0.1) is 0 Å². The predicted molar refractivity (Wildman–Crippen MR) is 117 cm³/mol. The zero-order chi connectivity index (χ0) is 22.1.